The molecule has 0 amide bonds. The molecule has 0 unspecified atom stereocenters. The molecule has 22 heavy (non-hydrogen) atoms. The molecule has 2 heterocycles. The van der Waals surface area contributed by atoms with Crippen LogP contribution in [0, 0.1) is 0 Å². The van der Waals surface area contributed by atoms with Gasteiger partial charge in [-0.25, -0.2) is 4.79 Å². The molecule has 0 fully saturated rings. The summed E-state index contributed by atoms with van der Waals surface area (Å²) < 4.78 is 10.0. The molecule has 0 aliphatic heterocycles. The summed E-state index contributed by atoms with van der Waals surface area (Å²) in [5.41, 5.74) is 2.52. The molecule has 0 radical (unpaired) electrons. The van der Waals surface area contributed by atoms with Crippen molar-refractivity contribution in [2.24, 2.45) is 0 Å². The monoisotopic (exact) mass is 296 g/mol. The summed E-state index contributed by atoms with van der Waals surface area (Å²) in [5, 5.41) is 6.73. The van der Waals surface area contributed by atoms with E-state index in [1.54, 1.807) is 18.2 Å². The fraction of sp³-hybridized carbons (Fsp3) is 0.0625. The molecule has 3 rings (SSSR count). The predicted octanol–water partition coefficient (Wildman–Crippen LogP) is 2.94. The van der Waals surface area contributed by atoms with Crippen molar-refractivity contribution in [3.8, 4) is 22.6 Å². The van der Waals surface area contributed by atoms with E-state index >= 15 is 0 Å². The van der Waals surface area contributed by atoms with Gasteiger partial charge in [-0.05, 0) is 24.3 Å². The summed E-state index contributed by atoms with van der Waals surface area (Å²) >= 11 is 0. The topological polar surface area (TPSA) is 85.2 Å². The third kappa shape index (κ3) is 2.54. The van der Waals surface area contributed by atoms with Gasteiger partial charge in [-0.2, -0.15) is 5.10 Å². The van der Waals surface area contributed by atoms with Gasteiger partial charge in [0.2, 0.25) is 0 Å². The number of aromatic amines is 1. The Hall–Kier alpha value is -3.15. The van der Waals surface area contributed by atoms with Gasteiger partial charge in [0.15, 0.2) is 12.0 Å². The third-order valence-corrected chi connectivity index (χ3v) is 3.17. The van der Waals surface area contributed by atoms with Crippen molar-refractivity contribution >= 4 is 12.3 Å². The van der Waals surface area contributed by atoms with E-state index in [1.165, 1.54) is 7.11 Å². The summed E-state index contributed by atoms with van der Waals surface area (Å²) in [5.74, 6) is 0.386. The number of methoxy groups -OCH3 is 1. The van der Waals surface area contributed by atoms with E-state index in [0.717, 1.165) is 11.1 Å². The first-order valence-corrected chi connectivity index (χ1v) is 6.51. The Morgan fingerprint density at radius 1 is 1.23 bits per heavy atom. The molecule has 0 atom stereocenters. The second kappa shape index (κ2) is 5.69. The van der Waals surface area contributed by atoms with Crippen LogP contribution in [0.4, 0.5) is 0 Å². The standard InChI is InChI=1S/C16H12N2O4/c1-21-16(20)14-8-13(17-18-14)10-3-2-4-11(7-10)15-6-5-12(9-19)22-15/h2-9H,1H3,(H,17,18). The SMILES string of the molecule is COC(=O)c1cc(-c2cccc(-c3ccc(C=O)o3)c2)n[nH]1. The van der Waals surface area contributed by atoms with E-state index in [2.05, 4.69) is 14.9 Å². The zero-order valence-electron chi connectivity index (χ0n) is 11.7. The molecule has 110 valence electrons. The third-order valence-electron chi connectivity index (χ3n) is 3.17. The first-order valence-electron chi connectivity index (χ1n) is 6.51. The molecule has 6 nitrogen and oxygen atoms in total. The van der Waals surface area contributed by atoms with Gasteiger partial charge < -0.3 is 9.15 Å². The zero-order chi connectivity index (χ0) is 15.5. The van der Waals surface area contributed by atoms with Gasteiger partial charge in [0, 0.05) is 11.1 Å². The quantitative estimate of drug-likeness (QED) is 0.591. The van der Waals surface area contributed by atoms with Crippen LogP contribution >= 0.6 is 0 Å². The molecule has 0 aliphatic carbocycles. The number of benzene rings is 1. The van der Waals surface area contributed by atoms with Gasteiger partial charge in [0.1, 0.15) is 11.5 Å². The number of hydrogen-bond acceptors (Lipinski definition) is 5. The first-order chi connectivity index (χ1) is 10.7. The first kappa shape index (κ1) is 13.8. The highest BCUT2D eigenvalue weighted by molar-refractivity contribution is 5.88. The number of rotatable bonds is 4. The number of nitrogens with one attached hydrogen (secondary N) is 1. The smallest absolute Gasteiger partial charge is 0.356 e. The van der Waals surface area contributed by atoms with E-state index in [9.17, 15) is 9.59 Å². The van der Waals surface area contributed by atoms with Gasteiger partial charge in [0.05, 0.1) is 12.8 Å². The number of carbonyl (C=O) groups is 2. The van der Waals surface area contributed by atoms with Crippen molar-refractivity contribution in [2.75, 3.05) is 7.11 Å². The Balaban J connectivity index is 1.95. The lowest BCUT2D eigenvalue weighted by molar-refractivity contribution is 0.0594. The highest BCUT2D eigenvalue weighted by atomic mass is 16.5. The van der Waals surface area contributed by atoms with Crippen molar-refractivity contribution in [1.82, 2.24) is 10.2 Å². The lowest BCUT2D eigenvalue weighted by Crippen LogP contribution is -2.00. The zero-order valence-corrected chi connectivity index (χ0v) is 11.7. The van der Waals surface area contributed by atoms with Crippen LogP contribution in [0.15, 0.2) is 46.9 Å². The number of carbonyl (C=O) groups excluding carboxylic acids is 2. The van der Waals surface area contributed by atoms with Crippen LogP contribution < -0.4 is 0 Å². The average Bonchev–Trinajstić information content (AvgIpc) is 3.23. The van der Waals surface area contributed by atoms with Gasteiger partial charge >= 0.3 is 5.97 Å². The van der Waals surface area contributed by atoms with Crippen LogP contribution in [0.1, 0.15) is 21.0 Å². The summed E-state index contributed by atoms with van der Waals surface area (Å²) in [4.78, 5) is 22.1. The van der Waals surface area contributed by atoms with Crippen LogP contribution in [-0.4, -0.2) is 29.6 Å². The fourth-order valence-corrected chi connectivity index (χ4v) is 2.09. The van der Waals surface area contributed by atoms with Crippen molar-refractivity contribution < 1.29 is 18.7 Å². The number of hydrogen-bond donors (Lipinski definition) is 1. The molecule has 2 aromatic heterocycles. The molecule has 0 aliphatic rings. The van der Waals surface area contributed by atoms with Crippen molar-refractivity contribution in [3.63, 3.8) is 0 Å². The average molecular weight is 296 g/mol. The number of nitrogens with zero attached hydrogens (tertiary/aromatic N) is 1. The Bertz CT molecular complexity index is 832. The van der Waals surface area contributed by atoms with E-state index in [1.807, 2.05) is 24.3 Å². The van der Waals surface area contributed by atoms with E-state index < -0.39 is 5.97 Å². The number of aldehydes is 1. The molecule has 1 aromatic carbocycles. The lowest BCUT2D eigenvalue weighted by Gasteiger charge is -2.00. The molecule has 3 aromatic rings. The Morgan fingerprint density at radius 2 is 2.05 bits per heavy atom. The van der Waals surface area contributed by atoms with Crippen LogP contribution in [-0.2, 0) is 4.74 Å². The number of H-pyrrole nitrogens is 1. The summed E-state index contributed by atoms with van der Waals surface area (Å²) in [6, 6.07) is 12.4. The second-order valence-corrected chi connectivity index (χ2v) is 4.56. The van der Waals surface area contributed by atoms with E-state index in [-0.39, 0.29) is 11.5 Å². The summed E-state index contributed by atoms with van der Waals surface area (Å²) in [7, 11) is 1.31. The molecule has 0 saturated heterocycles. The normalized spacial score (nSPS) is 10.4. The number of furan rings is 1. The van der Waals surface area contributed by atoms with Crippen LogP contribution in [0.25, 0.3) is 22.6 Å². The van der Waals surface area contributed by atoms with E-state index in [0.29, 0.717) is 17.7 Å². The van der Waals surface area contributed by atoms with Crippen molar-refractivity contribution in [1.29, 1.82) is 0 Å². The van der Waals surface area contributed by atoms with Crippen LogP contribution in [0.5, 0.6) is 0 Å². The molecule has 6 heteroatoms. The maximum absolute atomic E-state index is 11.4. The number of aromatic nitrogens is 2. The molecule has 1 N–H and O–H groups in total. The minimum atomic E-state index is -0.475. The largest absolute Gasteiger partial charge is 0.464 e. The molecule has 0 saturated carbocycles. The Labute approximate surface area is 125 Å². The highest BCUT2D eigenvalue weighted by Crippen LogP contribution is 2.26. The molecular formula is C16H12N2O4. The maximum atomic E-state index is 11.4. The second-order valence-electron chi connectivity index (χ2n) is 4.56. The molecular weight excluding hydrogens is 284 g/mol. The van der Waals surface area contributed by atoms with E-state index in [4.69, 9.17) is 4.42 Å². The number of esters is 1. The fourth-order valence-electron chi connectivity index (χ4n) is 2.09. The minimum Gasteiger partial charge on any atom is -0.464 e. The molecule has 0 spiro atoms. The van der Waals surface area contributed by atoms with Gasteiger partial charge in [0.25, 0.3) is 0 Å². The summed E-state index contributed by atoms with van der Waals surface area (Å²) in [6.45, 7) is 0. The molecule has 0 bridgehead atoms. The lowest BCUT2D eigenvalue weighted by atomic mass is 10.1. The van der Waals surface area contributed by atoms with Crippen molar-refractivity contribution in [3.05, 3.63) is 53.9 Å². The van der Waals surface area contributed by atoms with Gasteiger partial charge in [-0.15, -0.1) is 0 Å². The number of ether oxygens (including phenoxy) is 1. The Kier molecular flexibility index (Phi) is 3.57. The predicted molar refractivity (Wildman–Crippen MR) is 78.5 cm³/mol. The van der Waals surface area contributed by atoms with Gasteiger partial charge in [-0.1, -0.05) is 18.2 Å². The van der Waals surface area contributed by atoms with Gasteiger partial charge in [-0.3, -0.25) is 9.89 Å². The highest BCUT2D eigenvalue weighted by Gasteiger charge is 2.12. The summed E-state index contributed by atoms with van der Waals surface area (Å²) in [6.07, 6.45) is 0.656. The maximum Gasteiger partial charge on any atom is 0.356 e. The van der Waals surface area contributed by atoms with Crippen LogP contribution in [0.3, 0.4) is 0 Å². The minimum absolute atomic E-state index is 0.271. The van der Waals surface area contributed by atoms with Crippen molar-refractivity contribution in [2.45, 2.75) is 0 Å². The van der Waals surface area contributed by atoms with Crippen LogP contribution in [0.2, 0.25) is 0 Å². The Morgan fingerprint density at radius 3 is 2.77 bits per heavy atom.